The highest BCUT2D eigenvalue weighted by Gasteiger charge is 2.11. The van der Waals surface area contributed by atoms with Gasteiger partial charge < -0.3 is 14.6 Å². The number of ether oxygens (including phenoxy) is 2. The van der Waals surface area contributed by atoms with Crippen LogP contribution in [0.25, 0.3) is 0 Å². The van der Waals surface area contributed by atoms with Crippen molar-refractivity contribution in [2.45, 2.75) is 6.92 Å². The van der Waals surface area contributed by atoms with Gasteiger partial charge >= 0.3 is 5.97 Å². The fourth-order valence-corrected chi connectivity index (χ4v) is 1.77. The lowest BCUT2D eigenvalue weighted by Gasteiger charge is -2.11. The van der Waals surface area contributed by atoms with Crippen LogP contribution in [0, 0.1) is 0 Å². The Morgan fingerprint density at radius 3 is 2.65 bits per heavy atom. The van der Waals surface area contributed by atoms with Crippen LogP contribution in [0.1, 0.15) is 17.3 Å². The molecule has 0 spiro atoms. The van der Waals surface area contributed by atoms with Gasteiger partial charge in [-0.2, -0.15) is 0 Å². The molecule has 1 aromatic heterocycles. The van der Waals surface area contributed by atoms with Crippen molar-refractivity contribution < 1.29 is 19.4 Å². The first-order valence-electron chi connectivity index (χ1n) is 5.90. The van der Waals surface area contributed by atoms with E-state index in [4.69, 9.17) is 26.2 Å². The van der Waals surface area contributed by atoms with E-state index in [1.54, 1.807) is 18.2 Å². The Hall–Kier alpha value is -2.27. The van der Waals surface area contributed by atoms with Gasteiger partial charge in [0.2, 0.25) is 5.88 Å². The first-order valence-corrected chi connectivity index (χ1v) is 6.28. The van der Waals surface area contributed by atoms with Gasteiger partial charge in [0.15, 0.2) is 11.5 Å². The largest absolute Gasteiger partial charge is 0.490 e. The maximum atomic E-state index is 11.0. The quantitative estimate of drug-likeness (QED) is 0.853. The summed E-state index contributed by atoms with van der Waals surface area (Å²) in [5.41, 5.74) is 0.00823. The molecular weight excluding hydrogens is 282 g/mol. The van der Waals surface area contributed by atoms with Gasteiger partial charge in [0.25, 0.3) is 0 Å². The maximum Gasteiger partial charge on any atom is 0.335 e. The van der Waals surface area contributed by atoms with E-state index in [9.17, 15) is 4.79 Å². The molecule has 0 aliphatic rings. The number of pyridine rings is 1. The van der Waals surface area contributed by atoms with Crippen LogP contribution in [0.4, 0.5) is 0 Å². The molecular formula is C14H12ClNO4. The number of nitrogens with zero attached hydrogens (tertiary/aromatic N) is 1. The number of aromatic carboxylic acids is 1. The van der Waals surface area contributed by atoms with Crippen LogP contribution >= 0.6 is 11.6 Å². The highest BCUT2D eigenvalue weighted by Crippen LogP contribution is 2.31. The average molecular weight is 294 g/mol. The molecule has 2 aromatic rings. The molecule has 0 aliphatic heterocycles. The van der Waals surface area contributed by atoms with E-state index in [1.165, 1.54) is 12.1 Å². The molecule has 0 amide bonds. The van der Waals surface area contributed by atoms with E-state index in [1.807, 2.05) is 13.0 Å². The first-order chi connectivity index (χ1) is 9.60. The average Bonchev–Trinajstić information content (AvgIpc) is 2.40. The third-order valence-electron chi connectivity index (χ3n) is 2.38. The minimum atomic E-state index is -1.10. The Bertz CT molecular complexity index is 630. The van der Waals surface area contributed by atoms with Crippen molar-refractivity contribution in [2.75, 3.05) is 6.61 Å². The summed E-state index contributed by atoms with van der Waals surface area (Å²) in [6.07, 6.45) is 0. The molecule has 2 rings (SSSR count). The van der Waals surface area contributed by atoms with Crippen molar-refractivity contribution in [3.05, 3.63) is 47.1 Å². The lowest BCUT2D eigenvalue weighted by molar-refractivity contribution is 0.0696. The van der Waals surface area contributed by atoms with E-state index < -0.39 is 5.97 Å². The van der Waals surface area contributed by atoms with Crippen LogP contribution < -0.4 is 9.47 Å². The minimum Gasteiger partial charge on any atom is -0.490 e. The number of carbonyl (C=O) groups is 1. The van der Waals surface area contributed by atoms with Gasteiger partial charge in [-0.05, 0) is 25.1 Å². The van der Waals surface area contributed by atoms with Crippen molar-refractivity contribution in [1.82, 2.24) is 4.98 Å². The molecule has 5 nitrogen and oxygen atoms in total. The SMILES string of the molecule is CCOc1ccccc1Oc1cc(C(=O)O)cc(Cl)n1. The van der Waals surface area contributed by atoms with Crippen molar-refractivity contribution in [3.8, 4) is 17.4 Å². The number of para-hydroxylation sites is 2. The zero-order valence-corrected chi connectivity index (χ0v) is 11.4. The minimum absolute atomic E-state index is 0.00823. The lowest BCUT2D eigenvalue weighted by Crippen LogP contribution is -2.00. The molecule has 0 radical (unpaired) electrons. The number of benzene rings is 1. The summed E-state index contributed by atoms with van der Waals surface area (Å²) in [4.78, 5) is 14.9. The number of carboxylic acids is 1. The summed E-state index contributed by atoms with van der Waals surface area (Å²) in [6, 6.07) is 9.60. The van der Waals surface area contributed by atoms with Crippen LogP contribution in [0.3, 0.4) is 0 Å². The number of carboxylic acid groups (broad SMARTS) is 1. The lowest BCUT2D eigenvalue weighted by atomic mass is 10.3. The van der Waals surface area contributed by atoms with E-state index in [2.05, 4.69) is 4.98 Å². The van der Waals surface area contributed by atoms with Gasteiger partial charge in [0.05, 0.1) is 12.2 Å². The number of hydrogen-bond acceptors (Lipinski definition) is 4. The molecule has 0 aliphatic carbocycles. The molecule has 6 heteroatoms. The molecule has 1 heterocycles. The zero-order valence-electron chi connectivity index (χ0n) is 10.7. The standard InChI is InChI=1S/C14H12ClNO4/c1-2-19-10-5-3-4-6-11(10)20-13-8-9(14(17)18)7-12(15)16-13/h3-8H,2H2,1H3,(H,17,18). The van der Waals surface area contributed by atoms with Crippen molar-refractivity contribution in [2.24, 2.45) is 0 Å². The molecule has 104 valence electrons. The highest BCUT2D eigenvalue weighted by atomic mass is 35.5. The Balaban J connectivity index is 2.32. The molecule has 20 heavy (non-hydrogen) atoms. The summed E-state index contributed by atoms with van der Waals surface area (Å²) in [5.74, 6) is -0.00611. The Morgan fingerprint density at radius 2 is 2.00 bits per heavy atom. The van der Waals surface area contributed by atoms with Crippen molar-refractivity contribution in [3.63, 3.8) is 0 Å². The predicted molar refractivity (Wildman–Crippen MR) is 73.9 cm³/mol. The maximum absolute atomic E-state index is 11.0. The highest BCUT2D eigenvalue weighted by molar-refractivity contribution is 6.29. The molecule has 0 atom stereocenters. The number of hydrogen-bond donors (Lipinski definition) is 1. The normalized spacial score (nSPS) is 10.1. The topological polar surface area (TPSA) is 68.7 Å². The van der Waals surface area contributed by atoms with E-state index in [0.717, 1.165) is 0 Å². The summed E-state index contributed by atoms with van der Waals surface area (Å²) in [6.45, 7) is 2.35. The zero-order chi connectivity index (χ0) is 14.5. The number of rotatable bonds is 5. The fraction of sp³-hybridized carbons (Fsp3) is 0.143. The Morgan fingerprint density at radius 1 is 1.30 bits per heavy atom. The van der Waals surface area contributed by atoms with Gasteiger partial charge in [-0.25, -0.2) is 9.78 Å². The second kappa shape index (κ2) is 6.25. The van der Waals surface area contributed by atoms with Gasteiger partial charge in [-0.3, -0.25) is 0 Å². The summed E-state index contributed by atoms with van der Waals surface area (Å²) in [5, 5.41) is 9.02. The van der Waals surface area contributed by atoms with Crippen molar-refractivity contribution >= 4 is 17.6 Å². The second-order valence-electron chi connectivity index (χ2n) is 3.80. The van der Waals surface area contributed by atoms with E-state index in [-0.39, 0.29) is 16.6 Å². The van der Waals surface area contributed by atoms with Gasteiger partial charge in [0.1, 0.15) is 5.15 Å². The van der Waals surface area contributed by atoms with E-state index in [0.29, 0.717) is 18.1 Å². The van der Waals surface area contributed by atoms with Crippen LogP contribution in [-0.4, -0.2) is 22.7 Å². The third kappa shape index (κ3) is 3.39. The van der Waals surface area contributed by atoms with Crippen LogP contribution in [0.2, 0.25) is 5.15 Å². The fourth-order valence-electron chi connectivity index (χ4n) is 1.57. The Kier molecular flexibility index (Phi) is 4.42. The molecule has 1 aromatic carbocycles. The van der Waals surface area contributed by atoms with Crippen LogP contribution in [0.15, 0.2) is 36.4 Å². The predicted octanol–water partition coefficient (Wildman–Crippen LogP) is 3.62. The monoisotopic (exact) mass is 293 g/mol. The van der Waals surface area contributed by atoms with Gasteiger partial charge in [-0.1, -0.05) is 23.7 Å². The molecule has 0 saturated heterocycles. The van der Waals surface area contributed by atoms with E-state index >= 15 is 0 Å². The van der Waals surface area contributed by atoms with Gasteiger partial charge in [-0.15, -0.1) is 0 Å². The molecule has 0 fully saturated rings. The molecule has 0 bridgehead atoms. The molecule has 1 N–H and O–H groups in total. The first kappa shape index (κ1) is 14.1. The summed E-state index contributed by atoms with van der Waals surface area (Å²) >= 11 is 5.78. The van der Waals surface area contributed by atoms with Gasteiger partial charge in [0, 0.05) is 6.07 Å². The van der Waals surface area contributed by atoms with Crippen LogP contribution in [-0.2, 0) is 0 Å². The molecule has 0 saturated carbocycles. The van der Waals surface area contributed by atoms with Crippen LogP contribution in [0.5, 0.6) is 17.4 Å². The second-order valence-corrected chi connectivity index (χ2v) is 4.19. The van der Waals surface area contributed by atoms with Crippen molar-refractivity contribution in [1.29, 1.82) is 0 Å². The number of halogens is 1. The summed E-state index contributed by atoms with van der Waals surface area (Å²) in [7, 11) is 0. The molecule has 0 unspecified atom stereocenters. The summed E-state index contributed by atoms with van der Waals surface area (Å²) < 4.78 is 11.0. The Labute approximate surface area is 120 Å². The third-order valence-corrected chi connectivity index (χ3v) is 2.57. The smallest absolute Gasteiger partial charge is 0.335 e. The number of aromatic nitrogens is 1.